The first kappa shape index (κ1) is 12.4. The van der Waals surface area contributed by atoms with Gasteiger partial charge in [-0.05, 0) is 22.3 Å². The zero-order valence-corrected chi connectivity index (χ0v) is 11.2. The summed E-state index contributed by atoms with van der Waals surface area (Å²) in [4.78, 5) is 0. The summed E-state index contributed by atoms with van der Waals surface area (Å²) in [6.07, 6.45) is 12.7. The molecule has 0 aliphatic heterocycles. The first-order chi connectivity index (χ1) is 9.95. The molecule has 0 radical (unpaired) electrons. The quantitative estimate of drug-likeness (QED) is 0.685. The molecule has 1 aliphatic carbocycles. The number of benzene rings is 2. The Balaban J connectivity index is 2.13. The maximum atomic E-state index is 2.18. The summed E-state index contributed by atoms with van der Waals surface area (Å²) < 4.78 is 0. The van der Waals surface area contributed by atoms with Crippen molar-refractivity contribution in [3.63, 3.8) is 0 Å². The fraction of sp³-hybridized carbons (Fsp3) is 0. The highest BCUT2D eigenvalue weighted by Gasteiger charge is 2.09. The van der Waals surface area contributed by atoms with Gasteiger partial charge in [-0.1, -0.05) is 97.1 Å². The Hall–Kier alpha value is -2.60. The number of hydrogen-bond acceptors (Lipinski definition) is 0. The fourth-order valence-electron chi connectivity index (χ4n) is 2.35. The maximum absolute atomic E-state index is 2.18. The first-order valence-electron chi connectivity index (χ1n) is 6.82. The van der Waals surface area contributed by atoms with Gasteiger partial charge < -0.3 is 0 Å². The predicted molar refractivity (Wildman–Crippen MR) is 87.1 cm³/mol. The molecule has 20 heavy (non-hydrogen) atoms. The van der Waals surface area contributed by atoms with Crippen LogP contribution in [-0.4, -0.2) is 0 Å². The van der Waals surface area contributed by atoms with Crippen LogP contribution in [0.25, 0.3) is 11.1 Å². The summed E-state index contributed by atoms with van der Waals surface area (Å²) in [6.45, 7) is 0. The van der Waals surface area contributed by atoms with Crippen LogP contribution in [0, 0.1) is 0 Å². The van der Waals surface area contributed by atoms with Crippen molar-refractivity contribution in [3.8, 4) is 0 Å². The summed E-state index contributed by atoms with van der Waals surface area (Å²) in [5, 5.41) is 0. The van der Waals surface area contributed by atoms with E-state index in [4.69, 9.17) is 0 Å². The topological polar surface area (TPSA) is 0 Å². The second-order valence-corrected chi connectivity index (χ2v) is 4.66. The van der Waals surface area contributed by atoms with E-state index in [0.717, 1.165) is 0 Å². The highest BCUT2D eigenvalue weighted by atomic mass is 14.1. The molecule has 96 valence electrons. The summed E-state index contributed by atoms with van der Waals surface area (Å²) in [6, 6.07) is 21.0. The van der Waals surface area contributed by atoms with Crippen LogP contribution in [0.4, 0.5) is 0 Å². The normalized spacial score (nSPS) is 22.6. The lowest BCUT2D eigenvalue weighted by atomic mass is 9.91. The lowest BCUT2D eigenvalue weighted by Gasteiger charge is -2.13. The molecule has 0 fully saturated rings. The second kappa shape index (κ2) is 6.03. The van der Waals surface area contributed by atoms with Crippen LogP contribution >= 0.6 is 0 Å². The molecule has 0 amide bonds. The average molecular weight is 256 g/mol. The van der Waals surface area contributed by atoms with Gasteiger partial charge in [0.2, 0.25) is 0 Å². The van der Waals surface area contributed by atoms with E-state index in [2.05, 4.69) is 97.1 Å². The van der Waals surface area contributed by atoms with E-state index in [1.807, 2.05) is 0 Å². The minimum Gasteiger partial charge on any atom is -0.0622 e. The number of rotatable bonds is 2. The highest BCUT2D eigenvalue weighted by molar-refractivity contribution is 6.05. The zero-order valence-electron chi connectivity index (χ0n) is 11.2. The molecule has 0 spiro atoms. The van der Waals surface area contributed by atoms with E-state index in [1.165, 1.54) is 22.3 Å². The lowest BCUT2D eigenvalue weighted by Crippen LogP contribution is -1.91. The van der Waals surface area contributed by atoms with Crippen LogP contribution < -0.4 is 0 Å². The van der Waals surface area contributed by atoms with Gasteiger partial charge in [0.05, 0.1) is 0 Å². The smallest absolute Gasteiger partial charge is 0.0105 e. The molecule has 0 bridgehead atoms. The highest BCUT2D eigenvalue weighted by Crippen LogP contribution is 2.31. The molecule has 0 heteroatoms. The minimum atomic E-state index is 1.24. The summed E-state index contributed by atoms with van der Waals surface area (Å²) in [7, 11) is 0. The van der Waals surface area contributed by atoms with Crippen molar-refractivity contribution in [1.29, 1.82) is 0 Å². The molecule has 2 aromatic rings. The van der Waals surface area contributed by atoms with Crippen LogP contribution in [0.3, 0.4) is 0 Å². The van der Waals surface area contributed by atoms with Gasteiger partial charge in [0, 0.05) is 0 Å². The van der Waals surface area contributed by atoms with Crippen molar-refractivity contribution in [3.05, 3.63) is 108 Å². The first-order valence-corrected chi connectivity index (χ1v) is 6.82. The molecule has 0 aromatic heterocycles. The van der Waals surface area contributed by atoms with Gasteiger partial charge in [0.15, 0.2) is 0 Å². The molecule has 0 nitrogen and oxygen atoms in total. The van der Waals surface area contributed by atoms with Gasteiger partial charge in [0.1, 0.15) is 0 Å². The molecule has 0 N–H and O–H groups in total. The third-order valence-corrected chi connectivity index (χ3v) is 3.32. The largest absolute Gasteiger partial charge is 0.0622 e. The minimum absolute atomic E-state index is 1.24. The number of hydrogen-bond donors (Lipinski definition) is 0. The second-order valence-electron chi connectivity index (χ2n) is 4.66. The Morgan fingerprint density at radius 1 is 0.400 bits per heavy atom. The summed E-state index contributed by atoms with van der Waals surface area (Å²) >= 11 is 0. The number of allylic oxidation sites excluding steroid dienone is 8. The lowest BCUT2D eigenvalue weighted by molar-refractivity contribution is 1.57. The Kier molecular flexibility index (Phi) is 3.75. The Labute approximate surface area is 120 Å². The molecule has 0 unspecified atom stereocenters. The van der Waals surface area contributed by atoms with Crippen molar-refractivity contribution in [2.45, 2.75) is 0 Å². The van der Waals surface area contributed by atoms with E-state index in [-0.39, 0.29) is 0 Å². The van der Waals surface area contributed by atoms with E-state index in [0.29, 0.717) is 0 Å². The summed E-state index contributed by atoms with van der Waals surface area (Å²) in [5.74, 6) is 0. The van der Waals surface area contributed by atoms with Gasteiger partial charge in [-0.15, -0.1) is 0 Å². The van der Waals surface area contributed by atoms with E-state index in [1.54, 1.807) is 0 Å². The fourth-order valence-corrected chi connectivity index (χ4v) is 2.35. The Morgan fingerprint density at radius 3 is 1.20 bits per heavy atom. The molecule has 0 atom stereocenters. The molecule has 2 aromatic carbocycles. The van der Waals surface area contributed by atoms with Gasteiger partial charge in [0.25, 0.3) is 0 Å². The molecular weight excluding hydrogens is 240 g/mol. The third kappa shape index (κ3) is 2.70. The van der Waals surface area contributed by atoms with E-state index >= 15 is 0 Å². The molecular formula is C20H16. The Bertz CT molecular complexity index is 620. The van der Waals surface area contributed by atoms with Crippen molar-refractivity contribution < 1.29 is 0 Å². The zero-order chi connectivity index (χ0) is 13.6. The van der Waals surface area contributed by atoms with Crippen molar-refractivity contribution in [2.75, 3.05) is 0 Å². The van der Waals surface area contributed by atoms with E-state index in [9.17, 15) is 0 Å². The van der Waals surface area contributed by atoms with Gasteiger partial charge in [-0.2, -0.15) is 0 Å². The third-order valence-electron chi connectivity index (χ3n) is 3.32. The molecule has 3 rings (SSSR count). The SMILES string of the molecule is C1=C\C=C(c2ccccc2)/C(c2ccccc2)=C\C=C/1. The molecule has 0 saturated carbocycles. The van der Waals surface area contributed by atoms with Crippen LogP contribution in [0.15, 0.2) is 97.1 Å². The average Bonchev–Trinajstić information content (AvgIpc) is 2.49. The van der Waals surface area contributed by atoms with E-state index < -0.39 is 0 Å². The molecule has 0 heterocycles. The Morgan fingerprint density at radius 2 is 0.800 bits per heavy atom. The van der Waals surface area contributed by atoms with Gasteiger partial charge >= 0.3 is 0 Å². The standard InChI is InChI=1S/C20H16/c1-2-10-16-20(18-13-7-4-8-14-18)19(15-9-1)17-11-5-3-6-12-17/h1-16H/b2-1?,9-1-,10-2-,15-9?,16-10?,19-15-,20-16-,20-19?. The predicted octanol–water partition coefficient (Wildman–Crippen LogP) is 5.28. The van der Waals surface area contributed by atoms with Crippen molar-refractivity contribution >= 4 is 11.1 Å². The van der Waals surface area contributed by atoms with Gasteiger partial charge in [-0.3, -0.25) is 0 Å². The van der Waals surface area contributed by atoms with Crippen LogP contribution in [0.2, 0.25) is 0 Å². The van der Waals surface area contributed by atoms with Crippen molar-refractivity contribution in [2.24, 2.45) is 0 Å². The van der Waals surface area contributed by atoms with Crippen molar-refractivity contribution in [1.82, 2.24) is 0 Å². The summed E-state index contributed by atoms with van der Waals surface area (Å²) in [5.41, 5.74) is 4.97. The van der Waals surface area contributed by atoms with Gasteiger partial charge in [-0.25, -0.2) is 0 Å². The molecule has 0 saturated heterocycles. The van der Waals surface area contributed by atoms with Crippen LogP contribution in [-0.2, 0) is 0 Å². The molecule has 1 aliphatic rings. The maximum Gasteiger partial charge on any atom is -0.0105 e. The van der Waals surface area contributed by atoms with Crippen LogP contribution in [0.5, 0.6) is 0 Å². The monoisotopic (exact) mass is 256 g/mol. The van der Waals surface area contributed by atoms with Crippen LogP contribution in [0.1, 0.15) is 11.1 Å².